The zero-order chi connectivity index (χ0) is 12.0. The summed E-state index contributed by atoms with van der Waals surface area (Å²) in [5.41, 5.74) is 0.227. The largest absolute Gasteiger partial charge is 0.382 e. The van der Waals surface area contributed by atoms with Gasteiger partial charge in [0.15, 0.2) is 0 Å². The van der Waals surface area contributed by atoms with Crippen LogP contribution in [0.2, 0.25) is 5.02 Å². The van der Waals surface area contributed by atoms with Crippen LogP contribution in [-0.4, -0.2) is 16.3 Å². The first-order valence-electron chi connectivity index (χ1n) is 4.99. The molecule has 0 atom stereocenters. The monoisotopic (exact) mass is 240 g/mol. The van der Waals surface area contributed by atoms with E-state index in [1.165, 1.54) is 10.9 Å². The molecule has 1 heterocycles. The van der Waals surface area contributed by atoms with Crippen LogP contribution in [0.3, 0.4) is 0 Å². The van der Waals surface area contributed by atoms with Crippen LogP contribution in [-0.2, 0) is 7.05 Å². The van der Waals surface area contributed by atoms with Gasteiger partial charge >= 0.3 is 0 Å². The van der Waals surface area contributed by atoms with Gasteiger partial charge in [-0.3, -0.25) is 4.79 Å². The Morgan fingerprint density at radius 2 is 2.38 bits per heavy atom. The van der Waals surface area contributed by atoms with Crippen molar-refractivity contribution in [2.24, 2.45) is 7.05 Å². The van der Waals surface area contributed by atoms with E-state index in [2.05, 4.69) is 16.5 Å². The van der Waals surface area contributed by atoms with E-state index in [4.69, 9.17) is 16.9 Å². The zero-order valence-electron chi connectivity index (χ0n) is 9.03. The predicted octanol–water partition coefficient (Wildman–Crippen LogP) is 1.54. The van der Waals surface area contributed by atoms with Gasteiger partial charge in [0.2, 0.25) is 0 Å². The average molecular weight is 241 g/mol. The van der Waals surface area contributed by atoms with Gasteiger partial charge < -0.3 is 5.32 Å². The number of nitriles is 1. The number of hydrogen-bond donors (Lipinski definition) is 1. The summed E-state index contributed by atoms with van der Waals surface area (Å²) in [6.07, 6.45) is 3.76. The Balaban J connectivity index is 2.53. The molecule has 0 aliphatic rings. The smallest absolute Gasteiger partial charge is 0.287 e. The number of unbranched alkanes of at least 4 members (excludes halogenated alkanes) is 2. The summed E-state index contributed by atoms with van der Waals surface area (Å²) in [6, 6.07) is 2.07. The van der Waals surface area contributed by atoms with Crippen molar-refractivity contribution < 1.29 is 0 Å². The van der Waals surface area contributed by atoms with Crippen LogP contribution >= 0.6 is 11.6 Å². The summed E-state index contributed by atoms with van der Waals surface area (Å²) in [4.78, 5) is 11.4. The van der Waals surface area contributed by atoms with Crippen molar-refractivity contribution >= 4 is 17.3 Å². The molecule has 0 bridgehead atoms. The molecule has 0 aromatic carbocycles. The Hall–Kier alpha value is -1.54. The second kappa shape index (κ2) is 6.13. The van der Waals surface area contributed by atoms with Gasteiger partial charge in [-0.05, 0) is 12.8 Å². The lowest BCUT2D eigenvalue weighted by atomic mass is 10.2. The summed E-state index contributed by atoms with van der Waals surface area (Å²) < 4.78 is 1.18. The van der Waals surface area contributed by atoms with Crippen LogP contribution in [0.5, 0.6) is 0 Å². The number of aryl methyl sites for hydroxylation is 1. The van der Waals surface area contributed by atoms with Gasteiger partial charge in [-0.15, -0.1) is 0 Å². The van der Waals surface area contributed by atoms with Gasteiger partial charge in [-0.25, -0.2) is 4.68 Å². The third-order valence-electron chi connectivity index (χ3n) is 2.11. The first-order chi connectivity index (χ1) is 7.66. The molecule has 86 valence electrons. The number of hydrogen-bond acceptors (Lipinski definition) is 4. The molecule has 1 rings (SSSR count). The van der Waals surface area contributed by atoms with Crippen molar-refractivity contribution in [3.8, 4) is 6.07 Å². The van der Waals surface area contributed by atoms with Crippen molar-refractivity contribution in [1.82, 2.24) is 9.78 Å². The normalized spacial score (nSPS) is 9.81. The van der Waals surface area contributed by atoms with E-state index in [0.717, 1.165) is 12.8 Å². The highest BCUT2D eigenvalue weighted by Crippen LogP contribution is 2.14. The van der Waals surface area contributed by atoms with Crippen molar-refractivity contribution in [3.63, 3.8) is 0 Å². The number of aromatic nitrogens is 2. The van der Waals surface area contributed by atoms with Crippen LogP contribution < -0.4 is 10.9 Å². The molecule has 0 aliphatic heterocycles. The number of anilines is 1. The Bertz CT molecular complexity index is 449. The van der Waals surface area contributed by atoms with Gasteiger partial charge in [0.25, 0.3) is 5.56 Å². The van der Waals surface area contributed by atoms with Crippen molar-refractivity contribution in [2.45, 2.75) is 19.3 Å². The Morgan fingerprint density at radius 3 is 3.06 bits per heavy atom. The van der Waals surface area contributed by atoms with Crippen LogP contribution in [0.15, 0.2) is 11.0 Å². The van der Waals surface area contributed by atoms with Crippen molar-refractivity contribution in [3.05, 3.63) is 21.6 Å². The molecule has 1 aromatic heterocycles. The molecule has 0 fully saturated rings. The van der Waals surface area contributed by atoms with Gasteiger partial charge in [0.05, 0.1) is 18.0 Å². The molecular formula is C10H13ClN4O. The second-order valence-electron chi connectivity index (χ2n) is 3.34. The van der Waals surface area contributed by atoms with Crippen molar-refractivity contribution in [2.75, 3.05) is 11.9 Å². The topological polar surface area (TPSA) is 70.7 Å². The lowest BCUT2D eigenvalue weighted by molar-refractivity contribution is 0.706. The molecule has 0 amide bonds. The minimum Gasteiger partial charge on any atom is -0.382 e. The second-order valence-corrected chi connectivity index (χ2v) is 3.72. The lowest BCUT2D eigenvalue weighted by Crippen LogP contribution is -2.21. The summed E-state index contributed by atoms with van der Waals surface area (Å²) in [7, 11) is 1.55. The summed E-state index contributed by atoms with van der Waals surface area (Å²) in [5, 5.41) is 15.4. The average Bonchev–Trinajstić information content (AvgIpc) is 2.28. The quantitative estimate of drug-likeness (QED) is 0.793. The van der Waals surface area contributed by atoms with Crippen LogP contribution in [0.4, 0.5) is 5.69 Å². The van der Waals surface area contributed by atoms with E-state index in [1.807, 2.05) is 0 Å². The maximum Gasteiger partial charge on any atom is 0.287 e. The van der Waals surface area contributed by atoms with Gasteiger partial charge in [-0.1, -0.05) is 11.6 Å². The maximum absolute atomic E-state index is 11.4. The standard InChI is InChI=1S/C10H13ClN4O/c1-15-10(16)9(11)8(7-14-15)13-6-4-2-3-5-12/h7,13H,2-4,6H2,1H3. The SMILES string of the molecule is Cn1ncc(NCCCCC#N)c(Cl)c1=O. The molecule has 1 aromatic rings. The first kappa shape index (κ1) is 12.5. The van der Waals surface area contributed by atoms with Gasteiger partial charge in [0, 0.05) is 20.0 Å². The van der Waals surface area contributed by atoms with E-state index in [1.54, 1.807) is 7.05 Å². The third kappa shape index (κ3) is 3.24. The summed E-state index contributed by atoms with van der Waals surface area (Å²) in [6.45, 7) is 0.677. The molecule has 16 heavy (non-hydrogen) atoms. The molecule has 1 N–H and O–H groups in total. The van der Waals surface area contributed by atoms with E-state index in [0.29, 0.717) is 18.7 Å². The van der Waals surface area contributed by atoms with E-state index < -0.39 is 0 Å². The molecule has 0 radical (unpaired) electrons. The van der Waals surface area contributed by atoms with E-state index in [9.17, 15) is 4.79 Å². The molecule has 0 saturated carbocycles. The molecule has 0 spiro atoms. The molecule has 0 unspecified atom stereocenters. The molecule has 0 aliphatic carbocycles. The highest BCUT2D eigenvalue weighted by Gasteiger charge is 2.05. The Labute approximate surface area is 98.6 Å². The highest BCUT2D eigenvalue weighted by atomic mass is 35.5. The van der Waals surface area contributed by atoms with Gasteiger partial charge in [0.1, 0.15) is 5.02 Å². The Morgan fingerprint density at radius 1 is 1.62 bits per heavy atom. The van der Waals surface area contributed by atoms with Crippen LogP contribution in [0.25, 0.3) is 0 Å². The maximum atomic E-state index is 11.4. The van der Waals surface area contributed by atoms with Crippen LogP contribution in [0.1, 0.15) is 19.3 Å². The lowest BCUT2D eigenvalue weighted by Gasteiger charge is -2.07. The predicted molar refractivity (Wildman–Crippen MR) is 62.4 cm³/mol. The Kier molecular flexibility index (Phi) is 4.80. The number of nitrogens with one attached hydrogen (secondary N) is 1. The summed E-state index contributed by atoms with van der Waals surface area (Å²) >= 11 is 5.85. The minimum atomic E-state index is -0.316. The van der Waals surface area contributed by atoms with E-state index >= 15 is 0 Å². The third-order valence-corrected chi connectivity index (χ3v) is 2.47. The first-order valence-corrected chi connectivity index (χ1v) is 5.37. The number of rotatable bonds is 5. The molecule has 6 heteroatoms. The fourth-order valence-electron chi connectivity index (χ4n) is 1.19. The van der Waals surface area contributed by atoms with Crippen molar-refractivity contribution in [1.29, 1.82) is 5.26 Å². The fraction of sp³-hybridized carbons (Fsp3) is 0.500. The molecule has 5 nitrogen and oxygen atoms in total. The van der Waals surface area contributed by atoms with Gasteiger partial charge in [-0.2, -0.15) is 10.4 Å². The fourth-order valence-corrected chi connectivity index (χ4v) is 1.42. The van der Waals surface area contributed by atoms with E-state index in [-0.39, 0.29) is 10.6 Å². The number of nitrogens with zero attached hydrogens (tertiary/aromatic N) is 3. The zero-order valence-corrected chi connectivity index (χ0v) is 9.79. The molecular weight excluding hydrogens is 228 g/mol. The molecule has 0 saturated heterocycles. The number of halogens is 1. The van der Waals surface area contributed by atoms with Crippen LogP contribution in [0, 0.1) is 11.3 Å². The summed E-state index contributed by atoms with van der Waals surface area (Å²) in [5.74, 6) is 0. The highest BCUT2D eigenvalue weighted by molar-refractivity contribution is 6.32. The minimum absolute atomic E-state index is 0.151.